The standard InChI is InChI=1S/C30H33N3O2/c34-28-19-23-21(17-26-22-10-6-7-13-30(22,23)14-15-31-26)18-27(28)32-24-11-4-5-12-25(24)33-29(35)16-20-8-2-1-3-9-20/h1-5,8-9,11-12,18-19,22,26,31-32,34H,6-7,10,13-17H2,(H,33,35)/t22-,26+,30+/m1/s1. The van der Waals surface area contributed by atoms with Gasteiger partial charge in [-0.25, -0.2) is 0 Å². The van der Waals surface area contributed by atoms with Crippen molar-refractivity contribution in [3.63, 3.8) is 0 Å². The first-order valence-electron chi connectivity index (χ1n) is 12.9. The Morgan fingerprint density at radius 3 is 2.63 bits per heavy atom. The average molecular weight is 468 g/mol. The summed E-state index contributed by atoms with van der Waals surface area (Å²) in [7, 11) is 0. The molecule has 1 saturated heterocycles. The lowest BCUT2D eigenvalue weighted by Gasteiger charge is -2.56. The van der Waals surface area contributed by atoms with Gasteiger partial charge in [-0.05, 0) is 79.1 Å². The summed E-state index contributed by atoms with van der Waals surface area (Å²) < 4.78 is 0. The van der Waals surface area contributed by atoms with Gasteiger partial charge in [-0.3, -0.25) is 4.79 Å². The third-order valence-corrected chi connectivity index (χ3v) is 8.44. The van der Waals surface area contributed by atoms with E-state index >= 15 is 0 Å². The number of hydrogen-bond acceptors (Lipinski definition) is 4. The van der Waals surface area contributed by atoms with Gasteiger partial charge in [0.05, 0.1) is 23.5 Å². The van der Waals surface area contributed by atoms with Crippen LogP contribution in [-0.2, 0) is 23.1 Å². The van der Waals surface area contributed by atoms with Crippen LogP contribution in [-0.4, -0.2) is 23.6 Å². The van der Waals surface area contributed by atoms with Crippen molar-refractivity contribution in [1.29, 1.82) is 0 Å². The molecule has 5 heteroatoms. The maximum Gasteiger partial charge on any atom is 0.228 e. The molecule has 6 rings (SSSR count). The highest BCUT2D eigenvalue weighted by Gasteiger charge is 2.51. The van der Waals surface area contributed by atoms with Gasteiger partial charge in [0.2, 0.25) is 5.91 Å². The SMILES string of the molecule is O=C(Cc1ccccc1)Nc1ccccc1Nc1cc2c(cc1O)[C@]13CCCC[C@@H]1[C@H](C2)NCC3. The smallest absolute Gasteiger partial charge is 0.228 e. The first-order valence-corrected chi connectivity index (χ1v) is 12.9. The lowest BCUT2D eigenvalue weighted by Crippen LogP contribution is -2.59. The lowest BCUT2D eigenvalue weighted by atomic mass is 9.53. The largest absolute Gasteiger partial charge is 0.506 e. The molecule has 2 fully saturated rings. The predicted molar refractivity (Wildman–Crippen MR) is 140 cm³/mol. The molecule has 3 aliphatic rings. The minimum absolute atomic E-state index is 0.0681. The molecular formula is C30H33N3O2. The number of phenols is 1. The summed E-state index contributed by atoms with van der Waals surface area (Å²) in [6.07, 6.45) is 7.59. The molecule has 0 aromatic heterocycles. The second kappa shape index (κ2) is 9.04. The molecule has 1 amide bonds. The van der Waals surface area contributed by atoms with Gasteiger partial charge in [-0.15, -0.1) is 0 Å². The van der Waals surface area contributed by atoms with Crippen LogP contribution in [0.25, 0.3) is 0 Å². The van der Waals surface area contributed by atoms with E-state index in [2.05, 4.69) is 22.0 Å². The Labute approximate surface area is 207 Å². The van der Waals surface area contributed by atoms with Crippen molar-refractivity contribution in [3.05, 3.63) is 83.4 Å². The summed E-state index contributed by atoms with van der Waals surface area (Å²) in [6.45, 7) is 1.07. The van der Waals surface area contributed by atoms with Crippen molar-refractivity contribution in [1.82, 2.24) is 5.32 Å². The fraction of sp³-hybridized carbons (Fsp3) is 0.367. The maximum absolute atomic E-state index is 12.7. The number of aromatic hydroxyl groups is 1. The third kappa shape index (κ3) is 4.08. The quantitative estimate of drug-likeness (QED) is 0.365. The molecule has 0 radical (unpaired) electrons. The summed E-state index contributed by atoms with van der Waals surface area (Å²) in [5.41, 5.74) is 6.06. The van der Waals surface area contributed by atoms with Crippen molar-refractivity contribution in [3.8, 4) is 5.75 Å². The molecule has 3 aromatic carbocycles. The fourth-order valence-electron chi connectivity index (χ4n) is 6.89. The number of benzene rings is 3. The molecule has 3 aromatic rings. The van der Waals surface area contributed by atoms with E-state index in [-0.39, 0.29) is 17.1 Å². The van der Waals surface area contributed by atoms with E-state index in [9.17, 15) is 9.90 Å². The summed E-state index contributed by atoms with van der Waals surface area (Å²) in [5.74, 6) is 0.891. The van der Waals surface area contributed by atoms with E-state index in [1.54, 1.807) is 0 Å². The zero-order valence-electron chi connectivity index (χ0n) is 20.0. The number of rotatable bonds is 5. The molecule has 35 heavy (non-hydrogen) atoms. The third-order valence-electron chi connectivity index (χ3n) is 8.44. The normalized spacial score (nSPS) is 24.7. The van der Waals surface area contributed by atoms with Crippen molar-refractivity contribution in [2.24, 2.45) is 5.92 Å². The minimum atomic E-state index is -0.0681. The molecule has 1 aliphatic heterocycles. The van der Waals surface area contributed by atoms with Gasteiger partial charge in [0.1, 0.15) is 5.75 Å². The van der Waals surface area contributed by atoms with Crippen molar-refractivity contribution < 1.29 is 9.90 Å². The van der Waals surface area contributed by atoms with Gasteiger partial charge in [0, 0.05) is 11.5 Å². The average Bonchev–Trinajstić information content (AvgIpc) is 2.87. The highest BCUT2D eigenvalue weighted by atomic mass is 16.3. The van der Waals surface area contributed by atoms with Gasteiger partial charge in [-0.2, -0.15) is 0 Å². The minimum Gasteiger partial charge on any atom is -0.506 e. The van der Waals surface area contributed by atoms with Crippen LogP contribution < -0.4 is 16.0 Å². The molecular weight excluding hydrogens is 434 g/mol. The van der Waals surface area contributed by atoms with Crippen LogP contribution in [0, 0.1) is 5.92 Å². The number of fused-ring (bicyclic) bond motifs is 1. The van der Waals surface area contributed by atoms with E-state index in [0.717, 1.165) is 30.6 Å². The van der Waals surface area contributed by atoms with Gasteiger partial charge in [0.25, 0.3) is 0 Å². The predicted octanol–water partition coefficient (Wildman–Crippen LogP) is 5.66. The summed E-state index contributed by atoms with van der Waals surface area (Å²) in [4.78, 5) is 12.7. The van der Waals surface area contributed by atoms with Crippen LogP contribution in [0.15, 0.2) is 66.7 Å². The van der Waals surface area contributed by atoms with E-state index in [1.807, 2.05) is 60.7 Å². The number of anilines is 3. The van der Waals surface area contributed by atoms with Crippen LogP contribution >= 0.6 is 0 Å². The molecule has 5 nitrogen and oxygen atoms in total. The zero-order chi connectivity index (χ0) is 23.8. The Kier molecular flexibility index (Phi) is 5.73. The van der Waals surface area contributed by atoms with Crippen LogP contribution in [0.2, 0.25) is 0 Å². The van der Waals surface area contributed by atoms with Gasteiger partial charge < -0.3 is 21.1 Å². The molecule has 1 heterocycles. The van der Waals surface area contributed by atoms with Crippen molar-refractivity contribution in [2.75, 3.05) is 17.2 Å². The van der Waals surface area contributed by atoms with E-state index in [0.29, 0.717) is 29.8 Å². The first kappa shape index (κ1) is 22.2. The zero-order valence-corrected chi connectivity index (χ0v) is 20.0. The van der Waals surface area contributed by atoms with E-state index < -0.39 is 0 Å². The molecule has 1 saturated carbocycles. The van der Waals surface area contributed by atoms with E-state index in [1.165, 1.54) is 36.8 Å². The topological polar surface area (TPSA) is 73.4 Å². The molecule has 180 valence electrons. The molecule has 0 spiro atoms. The molecule has 2 bridgehead atoms. The number of para-hydroxylation sites is 2. The Morgan fingerprint density at radius 1 is 0.971 bits per heavy atom. The number of amides is 1. The molecule has 2 aliphatic carbocycles. The Morgan fingerprint density at radius 2 is 1.77 bits per heavy atom. The van der Waals surface area contributed by atoms with E-state index in [4.69, 9.17) is 0 Å². The highest BCUT2D eigenvalue weighted by molar-refractivity contribution is 5.96. The number of hydrogen-bond donors (Lipinski definition) is 4. The number of phenolic OH excluding ortho intramolecular Hbond substituents is 1. The van der Waals surface area contributed by atoms with Gasteiger partial charge >= 0.3 is 0 Å². The summed E-state index contributed by atoms with van der Waals surface area (Å²) >= 11 is 0. The van der Waals surface area contributed by atoms with Crippen LogP contribution in [0.1, 0.15) is 48.8 Å². The van der Waals surface area contributed by atoms with Crippen molar-refractivity contribution >= 4 is 23.0 Å². The number of carbonyl (C=O) groups is 1. The van der Waals surface area contributed by atoms with Gasteiger partial charge in [-0.1, -0.05) is 55.3 Å². The second-order valence-electron chi connectivity index (χ2n) is 10.4. The van der Waals surface area contributed by atoms with Gasteiger partial charge in [0.15, 0.2) is 0 Å². The van der Waals surface area contributed by atoms with Crippen LogP contribution in [0.4, 0.5) is 17.1 Å². The Bertz CT molecular complexity index is 1240. The Hall–Kier alpha value is -3.31. The summed E-state index contributed by atoms with van der Waals surface area (Å²) in [6, 6.07) is 22.1. The molecule has 3 atom stereocenters. The number of piperidine rings is 1. The van der Waals surface area contributed by atoms with Crippen LogP contribution in [0.3, 0.4) is 0 Å². The fourth-order valence-corrected chi connectivity index (χ4v) is 6.89. The Balaban J connectivity index is 1.27. The van der Waals surface area contributed by atoms with Crippen LogP contribution in [0.5, 0.6) is 5.75 Å². The number of nitrogens with one attached hydrogen (secondary N) is 3. The second-order valence-corrected chi connectivity index (χ2v) is 10.4. The monoisotopic (exact) mass is 467 g/mol. The molecule has 4 N–H and O–H groups in total. The molecule has 0 unspecified atom stereocenters. The highest BCUT2D eigenvalue weighted by Crippen LogP contribution is 2.55. The maximum atomic E-state index is 12.7. The van der Waals surface area contributed by atoms with Crippen molar-refractivity contribution in [2.45, 2.75) is 56.4 Å². The number of carbonyl (C=O) groups excluding carboxylic acids is 1. The summed E-state index contributed by atoms with van der Waals surface area (Å²) in [5, 5.41) is 21.4. The first-order chi connectivity index (χ1) is 17.1. The lowest BCUT2D eigenvalue weighted by molar-refractivity contribution is -0.115.